The van der Waals surface area contributed by atoms with Crippen molar-refractivity contribution in [1.29, 1.82) is 0 Å². The van der Waals surface area contributed by atoms with Crippen LogP contribution in [0.5, 0.6) is 0 Å². The van der Waals surface area contributed by atoms with E-state index in [1.165, 1.54) is 6.07 Å². The number of halogens is 1. The van der Waals surface area contributed by atoms with Crippen LogP contribution in [0.2, 0.25) is 0 Å². The van der Waals surface area contributed by atoms with E-state index >= 15 is 0 Å². The molecule has 1 rings (SSSR count). The van der Waals surface area contributed by atoms with Crippen molar-refractivity contribution in [1.82, 2.24) is 9.78 Å². The standard InChI is InChI=1S/C7H11FN2/c1-3-6-5-7(8)9-10(6)4-2/h5H,3-4H2,1-2H3. The first-order chi connectivity index (χ1) is 4.77. The van der Waals surface area contributed by atoms with Gasteiger partial charge >= 0.3 is 0 Å². The highest BCUT2D eigenvalue weighted by Gasteiger charge is 2.01. The highest BCUT2D eigenvalue weighted by molar-refractivity contribution is 5.01. The van der Waals surface area contributed by atoms with E-state index in [1.807, 2.05) is 13.8 Å². The molecule has 0 aliphatic carbocycles. The number of aryl methyl sites for hydroxylation is 2. The van der Waals surface area contributed by atoms with Gasteiger partial charge in [-0.25, -0.2) is 0 Å². The van der Waals surface area contributed by atoms with Crippen molar-refractivity contribution in [2.24, 2.45) is 0 Å². The molecular formula is C7H11FN2. The second-order valence-electron chi connectivity index (χ2n) is 2.13. The molecule has 1 aromatic heterocycles. The monoisotopic (exact) mass is 142 g/mol. The maximum absolute atomic E-state index is 12.4. The van der Waals surface area contributed by atoms with E-state index in [9.17, 15) is 4.39 Å². The van der Waals surface area contributed by atoms with Crippen molar-refractivity contribution in [3.63, 3.8) is 0 Å². The van der Waals surface area contributed by atoms with E-state index in [-0.39, 0.29) is 5.95 Å². The zero-order chi connectivity index (χ0) is 7.56. The third-order valence-electron chi connectivity index (χ3n) is 1.50. The quantitative estimate of drug-likeness (QED) is 0.613. The summed E-state index contributed by atoms with van der Waals surface area (Å²) in [5, 5.41) is 3.65. The van der Waals surface area contributed by atoms with Crippen LogP contribution in [0.3, 0.4) is 0 Å². The second kappa shape index (κ2) is 2.82. The maximum atomic E-state index is 12.4. The van der Waals surface area contributed by atoms with Crippen LogP contribution in [-0.4, -0.2) is 9.78 Å². The Bertz CT molecular complexity index is 196. The van der Waals surface area contributed by atoms with Crippen LogP contribution < -0.4 is 0 Å². The lowest BCUT2D eigenvalue weighted by Gasteiger charge is -1.98. The smallest absolute Gasteiger partial charge is 0.232 e. The number of hydrogen-bond donors (Lipinski definition) is 0. The molecule has 0 bridgehead atoms. The lowest BCUT2D eigenvalue weighted by atomic mass is 10.3. The molecule has 0 radical (unpaired) electrons. The summed E-state index contributed by atoms with van der Waals surface area (Å²) in [7, 11) is 0. The molecule has 0 saturated carbocycles. The highest BCUT2D eigenvalue weighted by Crippen LogP contribution is 2.02. The Labute approximate surface area is 59.7 Å². The summed E-state index contributed by atoms with van der Waals surface area (Å²) in [6, 6.07) is 1.48. The molecule has 0 aliphatic heterocycles. The van der Waals surface area contributed by atoms with Crippen molar-refractivity contribution in [3.05, 3.63) is 17.7 Å². The molecule has 3 heteroatoms. The Morgan fingerprint density at radius 3 is 2.70 bits per heavy atom. The fourth-order valence-corrected chi connectivity index (χ4v) is 0.979. The van der Waals surface area contributed by atoms with Gasteiger partial charge in [-0.2, -0.15) is 4.39 Å². The molecule has 0 fully saturated rings. The van der Waals surface area contributed by atoms with Crippen LogP contribution in [0.1, 0.15) is 19.5 Å². The first-order valence-corrected chi connectivity index (χ1v) is 3.50. The minimum atomic E-state index is -0.376. The Kier molecular flexibility index (Phi) is 2.04. The largest absolute Gasteiger partial charge is 0.267 e. The van der Waals surface area contributed by atoms with Gasteiger partial charge in [0, 0.05) is 18.3 Å². The zero-order valence-electron chi connectivity index (χ0n) is 6.26. The second-order valence-corrected chi connectivity index (χ2v) is 2.13. The highest BCUT2D eigenvalue weighted by atomic mass is 19.1. The van der Waals surface area contributed by atoms with Crippen molar-refractivity contribution >= 4 is 0 Å². The first-order valence-electron chi connectivity index (χ1n) is 3.50. The van der Waals surface area contributed by atoms with Gasteiger partial charge in [-0.15, -0.1) is 5.10 Å². The van der Waals surface area contributed by atoms with Crippen LogP contribution in [0.15, 0.2) is 6.07 Å². The third kappa shape index (κ3) is 1.17. The van der Waals surface area contributed by atoms with Gasteiger partial charge in [0.2, 0.25) is 5.95 Å². The van der Waals surface area contributed by atoms with E-state index in [2.05, 4.69) is 5.10 Å². The molecule has 0 amide bonds. The Morgan fingerprint density at radius 1 is 1.60 bits per heavy atom. The Balaban J connectivity index is 2.96. The Morgan fingerprint density at radius 2 is 2.30 bits per heavy atom. The average molecular weight is 142 g/mol. The topological polar surface area (TPSA) is 17.8 Å². The lowest BCUT2D eigenvalue weighted by molar-refractivity contribution is 0.528. The molecule has 0 spiro atoms. The summed E-state index contributed by atoms with van der Waals surface area (Å²) in [6.45, 7) is 4.68. The first kappa shape index (κ1) is 7.25. The van der Waals surface area contributed by atoms with Crippen LogP contribution in [-0.2, 0) is 13.0 Å². The summed E-state index contributed by atoms with van der Waals surface area (Å²) in [4.78, 5) is 0. The molecule has 1 heterocycles. The molecule has 0 unspecified atom stereocenters. The fraction of sp³-hybridized carbons (Fsp3) is 0.571. The fourth-order valence-electron chi connectivity index (χ4n) is 0.979. The van der Waals surface area contributed by atoms with E-state index in [1.54, 1.807) is 4.68 Å². The van der Waals surface area contributed by atoms with Gasteiger partial charge in [-0.3, -0.25) is 4.68 Å². The number of rotatable bonds is 2. The summed E-state index contributed by atoms with van der Waals surface area (Å²) in [5.74, 6) is -0.376. The van der Waals surface area contributed by atoms with Gasteiger partial charge in [0.15, 0.2) is 0 Å². The van der Waals surface area contributed by atoms with Crippen LogP contribution >= 0.6 is 0 Å². The number of hydrogen-bond acceptors (Lipinski definition) is 1. The van der Waals surface area contributed by atoms with Crippen LogP contribution in [0.4, 0.5) is 4.39 Å². The van der Waals surface area contributed by atoms with Gasteiger partial charge < -0.3 is 0 Å². The predicted molar refractivity (Wildman–Crippen MR) is 37.2 cm³/mol. The summed E-state index contributed by atoms with van der Waals surface area (Å²) in [6.07, 6.45) is 0.838. The van der Waals surface area contributed by atoms with Gasteiger partial charge in [-0.05, 0) is 13.3 Å². The molecule has 0 aliphatic rings. The predicted octanol–water partition coefficient (Wildman–Crippen LogP) is 1.60. The van der Waals surface area contributed by atoms with Gasteiger partial charge in [0.25, 0.3) is 0 Å². The minimum Gasteiger partial charge on any atom is -0.267 e. The molecule has 1 aromatic rings. The molecular weight excluding hydrogens is 131 g/mol. The van der Waals surface area contributed by atoms with E-state index in [0.717, 1.165) is 18.7 Å². The molecule has 0 saturated heterocycles. The molecule has 56 valence electrons. The molecule has 0 N–H and O–H groups in total. The number of aromatic nitrogens is 2. The van der Waals surface area contributed by atoms with Crippen LogP contribution in [0.25, 0.3) is 0 Å². The number of nitrogens with zero attached hydrogens (tertiary/aromatic N) is 2. The van der Waals surface area contributed by atoms with Crippen molar-refractivity contribution in [3.8, 4) is 0 Å². The molecule has 0 aromatic carbocycles. The van der Waals surface area contributed by atoms with Gasteiger partial charge in [0.1, 0.15) is 0 Å². The van der Waals surface area contributed by atoms with E-state index in [4.69, 9.17) is 0 Å². The molecule has 2 nitrogen and oxygen atoms in total. The van der Waals surface area contributed by atoms with Crippen molar-refractivity contribution in [2.45, 2.75) is 26.8 Å². The van der Waals surface area contributed by atoms with Crippen molar-refractivity contribution < 1.29 is 4.39 Å². The van der Waals surface area contributed by atoms with Gasteiger partial charge in [-0.1, -0.05) is 6.92 Å². The average Bonchev–Trinajstić information content (AvgIpc) is 2.30. The van der Waals surface area contributed by atoms with Crippen LogP contribution in [0, 0.1) is 5.95 Å². The zero-order valence-corrected chi connectivity index (χ0v) is 6.26. The molecule has 0 atom stereocenters. The maximum Gasteiger partial charge on any atom is 0.232 e. The van der Waals surface area contributed by atoms with Crippen molar-refractivity contribution in [2.75, 3.05) is 0 Å². The summed E-state index contributed by atoms with van der Waals surface area (Å²) < 4.78 is 14.1. The SMILES string of the molecule is CCc1cc(F)nn1CC. The lowest BCUT2D eigenvalue weighted by Crippen LogP contribution is -2.00. The molecule has 10 heavy (non-hydrogen) atoms. The summed E-state index contributed by atoms with van der Waals surface area (Å²) >= 11 is 0. The van der Waals surface area contributed by atoms with E-state index < -0.39 is 0 Å². The third-order valence-corrected chi connectivity index (χ3v) is 1.50. The summed E-state index contributed by atoms with van der Waals surface area (Å²) in [5.41, 5.74) is 0.958. The normalized spacial score (nSPS) is 10.3. The van der Waals surface area contributed by atoms with Gasteiger partial charge in [0.05, 0.1) is 0 Å². The van der Waals surface area contributed by atoms with E-state index in [0.29, 0.717) is 0 Å². The Hall–Kier alpha value is -0.860. The minimum absolute atomic E-state index is 0.376.